The van der Waals surface area contributed by atoms with Gasteiger partial charge >= 0.3 is 11.9 Å². The number of carbonyl (C=O) groups is 3. The predicted octanol–water partition coefficient (Wildman–Crippen LogP) is 11.2. The van der Waals surface area contributed by atoms with E-state index in [1.807, 2.05) is 6.08 Å². The lowest BCUT2D eigenvalue weighted by atomic mass is 10.1. The van der Waals surface area contributed by atoms with E-state index in [9.17, 15) is 19.5 Å². The average Bonchev–Trinajstić information content (AvgIpc) is 3.11. The number of aliphatic carboxylic acids is 1. The Balaban J connectivity index is 4.50. The SMILES string of the molecule is CC/C=C\C/C=C\C/C=C\C/C=C\C(CCCCCCCC(=O)NC(CCCN)C(=O)O)OC(=O)CCCCCCC/C=C\C/C=C\CCCC. The highest BCUT2D eigenvalue weighted by Crippen LogP contribution is 2.15. The number of rotatable bonds is 35. The van der Waals surface area contributed by atoms with Gasteiger partial charge in [0.1, 0.15) is 12.1 Å². The Bertz CT molecular complexity index is 1030. The molecule has 290 valence electrons. The maximum Gasteiger partial charge on any atom is 0.326 e. The van der Waals surface area contributed by atoms with E-state index in [2.05, 4.69) is 86.0 Å². The fourth-order valence-corrected chi connectivity index (χ4v) is 5.43. The summed E-state index contributed by atoms with van der Waals surface area (Å²) in [6, 6.07) is -0.871. The maximum absolute atomic E-state index is 12.7. The molecule has 0 aromatic carbocycles. The van der Waals surface area contributed by atoms with E-state index < -0.39 is 12.0 Å². The van der Waals surface area contributed by atoms with Crippen molar-refractivity contribution in [1.82, 2.24) is 5.32 Å². The van der Waals surface area contributed by atoms with Gasteiger partial charge in [0.2, 0.25) is 5.91 Å². The fourth-order valence-electron chi connectivity index (χ4n) is 5.43. The summed E-state index contributed by atoms with van der Waals surface area (Å²) >= 11 is 0. The Kier molecular flexibility index (Phi) is 35.7. The van der Waals surface area contributed by atoms with Gasteiger partial charge in [-0.05, 0) is 103 Å². The molecule has 0 aliphatic heterocycles. The summed E-state index contributed by atoms with van der Waals surface area (Å²) < 4.78 is 5.91. The third kappa shape index (κ3) is 35.0. The predicted molar refractivity (Wildman–Crippen MR) is 215 cm³/mol. The summed E-state index contributed by atoms with van der Waals surface area (Å²) in [7, 11) is 0. The zero-order chi connectivity index (χ0) is 37.5. The van der Waals surface area contributed by atoms with Gasteiger partial charge in [-0.3, -0.25) is 9.59 Å². The number of hydrogen-bond donors (Lipinski definition) is 3. The zero-order valence-electron chi connectivity index (χ0n) is 32.4. The number of carboxylic acids is 1. The lowest BCUT2D eigenvalue weighted by Gasteiger charge is -2.15. The number of nitrogens with two attached hydrogens (primary N) is 1. The third-order valence-electron chi connectivity index (χ3n) is 8.49. The molecule has 0 heterocycles. The van der Waals surface area contributed by atoms with E-state index in [-0.39, 0.29) is 18.0 Å². The molecule has 2 atom stereocenters. The summed E-state index contributed by atoms with van der Waals surface area (Å²) in [4.78, 5) is 36.2. The summed E-state index contributed by atoms with van der Waals surface area (Å²) in [6.07, 6.45) is 48.1. The lowest BCUT2D eigenvalue weighted by Crippen LogP contribution is -2.40. The van der Waals surface area contributed by atoms with Gasteiger partial charge in [-0.25, -0.2) is 4.79 Å². The van der Waals surface area contributed by atoms with Crippen LogP contribution in [0.5, 0.6) is 0 Å². The van der Waals surface area contributed by atoms with Gasteiger partial charge in [0.25, 0.3) is 0 Å². The van der Waals surface area contributed by atoms with Crippen LogP contribution in [0, 0.1) is 0 Å². The molecule has 0 saturated carbocycles. The van der Waals surface area contributed by atoms with Crippen LogP contribution in [0.3, 0.4) is 0 Å². The number of hydrogen-bond acceptors (Lipinski definition) is 5. The van der Waals surface area contributed by atoms with Crippen LogP contribution in [0.25, 0.3) is 0 Å². The molecule has 0 bridgehead atoms. The molecule has 0 aromatic heterocycles. The molecule has 0 spiro atoms. The first-order valence-corrected chi connectivity index (χ1v) is 20.3. The molecule has 1 amide bonds. The molecule has 7 heteroatoms. The topological polar surface area (TPSA) is 119 Å². The molecule has 0 aromatic rings. The zero-order valence-corrected chi connectivity index (χ0v) is 32.4. The van der Waals surface area contributed by atoms with Crippen molar-refractivity contribution in [3.8, 4) is 0 Å². The van der Waals surface area contributed by atoms with E-state index in [1.54, 1.807) is 0 Å². The number of nitrogens with one attached hydrogen (secondary N) is 1. The first-order chi connectivity index (χ1) is 24.9. The molecule has 0 saturated heterocycles. The second-order valence-electron chi connectivity index (χ2n) is 13.3. The van der Waals surface area contributed by atoms with Crippen LogP contribution in [0.4, 0.5) is 0 Å². The number of unbranched alkanes of at least 4 members (excludes halogenated alkanes) is 11. The van der Waals surface area contributed by atoms with Crippen LogP contribution < -0.4 is 11.1 Å². The highest BCUT2D eigenvalue weighted by Gasteiger charge is 2.18. The normalized spacial score (nSPS) is 13.5. The monoisotopic (exact) mass is 711 g/mol. The molecule has 51 heavy (non-hydrogen) atoms. The van der Waals surface area contributed by atoms with Crippen molar-refractivity contribution in [2.24, 2.45) is 5.73 Å². The minimum absolute atomic E-state index is 0.116. The van der Waals surface area contributed by atoms with Crippen molar-refractivity contribution in [1.29, 1.82) is 0 Å². The van der Waals surface area contributed by atoms with Crippen LogP contribution in [0.2, 0.25) is 0 Å². The van der Waals surface area contributed by atoms with E-state index in [0.717, 1.165) is 96.3 Å². The van der Waals surface area contributed by atoms with Crippen LogP contribution in [0.1, 0.15) is 168 Å². The second-order valence-corrected chi connectivity index (χ2v) is 13.3. The van der Waals surface area contributed by atoms with Gasteiger partial charge in [-0.15, -0.1) is 0 Å². The summed E-state index contributed by atoms with van der Waals surface area (Å²) in [5.74, 6) is -1.36. The van der Waals surface area contributed by atoms with Gasteiger partial charge in [0.05, 0.1) is 0 Å². The third-order valence-corrected chi connectivity index (χ3v) is 8.49. The van der Waals surface area contributed by atoms with Crippen molar-refractivity contribution in [2.75, 3.05) is 6.54 Å². The van der Waals surface area contributed by atoms with E-state index in [0.29, 0.717) is 32.2 Å². The Morgan fingerprint density at radius 2 is 1.14 bits per heavy atom. The quantitative estimate of drug-likeness (QED) is 0.0342. The molecule has 0 rings (SSSR count). The second kappa shape index (κ2) is 38.1. The maximum atomic E-state index is 12.7. The first-order valence-electron chi connectivity index (χ1n) is 20.3. The standard InChI is InChI=1S/C44H74N2O5/c1-3-5-7-9-11-13-15-16-17-19-21-23-28-32-38-43(48)51-40(34-29-25-22-20-18-14-12-10-8-6-4-2)35-30-26-24-27-31-37-42(47)46-41(44(49)50)36-33-39-45/h6,8-9,11-12,14-16,20,22,29,34,40-41H,3-5,7,10,13,17-19,21,23-28,30-33,35-39,45H2,1-2H3,(H,46,47)(H,49,50)/b8-6-,11-9-,14-12-,16-15-,22-20-,34-29-. The van der Waals surface area contributed by atoms with Crippen molar-refractivity contribution in [2.45, 2.75) is 180 Å². The Labute approximate surface area is 312 Å². The highest BCUT2D eigenvalue weighted by atomic mass is 16.5. The fraction of sp³-hybridized carbons (Fsp3) is 0.659. The van der Waals surface area contributed by atoms with Crippen molar-refractivity contribution in [3.05, 3.63) is 72.9 Å². The van der Waals surface area contributed by atoms with E-state index in [4.69, 9.17) is 10.5 Å². The highest BCUT2D eigenvalue weighted by molar-refractivity contribution is 5.83. The van der Waals surface area contributed by atoms with Crippen LogP contribution in [-0.2, 0) is 19.1 Å². The molecular weight excluding hydrogens is 636 g/mol. The Hall–Kier alpha value is -3.19. The first kappa shape index (κ1) is 47.8. The molecule has 0 aliphatic rings. The average molecular weight is 711 g/mol. The summed E-state index contributed by atoms with van der Waals surface area (Å²) in [5.41, 5.74) is 5.47. The molecule has 7 nitrogen and oxygen atoms in total. The molecule has 2 unspecified atom stereocenters. The summed E-state index contributed by atoms with van der Waals surface area (Å²) in [5, 5.41) is 11.9. The van der Waals surface area contributed by atoms with E-state index in [1.165, 1.54) is 32.1 Å². The number of esters is 1. The Morgan fingerprint density at radius 1 is 0.608 bits per heavy atom. The van der Waals surface area contributed by atoms with Crippen LogP contribution in [0.15, 0.2) is 72.9 Å². The molecule has 0 fully saturated rings. The minimum atomic E-state index is -1.02. The summed E-state index contributed by atoms with van der Waals surface area (Å²) in [6.45, 7) is 4.76. The Morgan fingerprint density at radius 3 is 1.75 bits per heavy atom. The van der Waals surface area contributed by atoms with E-state index >= 15 is 0 Å². The largest absolute Gasteiger partial charge is 0.480 e. The van der Waals surface area contributed by atoms with Crippen molar-refractivity contribution >= 4 is 17.8 Å². The van der Waals surface area contributed by atoms with Crippen LogP contribution in [-0.4, -0.2) is 41.6 Å². The molecule has 0 radical (unpaired) electrons. The van der Waals surface area contributed by atoms with Crippen molar-refractivity contribution in [3.63, 3.8) is 0 Å². The minimum Gasteiger partial charge on any atom is -0.480 e. The van der Waals surface area contributed by atoms with Gasteiger partial charge in [0.15, 0.2) is 0 Å². The van der Waals surface area contributed by atoms with Gasteiger partial charge < -0.3 is 20.9 Å². The number of carbonyl (C=O) groups excluding carboxylic acids is 2. The number of amides is 1. The van der Waals surface area contributed by atoms with Gasteiger partial charge in [-0.1, -0.05) is 132 Å². The van der Waals surface area contributed by atoms with Crippen molar-refractivity contribution < 1.29 is 24.2 Å². The smallest absolute Gasteiger partial charge is 0.326 e. The molecular formula is C44H74N2O5. The van der Waals surface area contributed by atoms with Gasteiger partial charge in [-0.2, -0.15) is 0 Å². The van der Waals surface area contributed by atoms with Gasteiger partial charge in [0, 0.05) is 12.8 Å². The molecule has 4 N–H and O–H groups in total. The molecule has 0 aliphatic carbocycles. The van der Waals surface area contributed by atoms with Crippen LogP contribution >= 0.6 is 0 Å². The number of allylic oxidation sites excluding steroid dienone is 11. The lowest BCUT2D eigenvalue weighted by molar-refractivity contribution is -0.147. The number of ether oxygens (including phenoxy) is 1. The number of carboxylic acid groups (broad SMARTS) is 1.